The molecule has 1 nitrogen and oxygen atoms in total. The first-order valence-corrected chi connectivity index (χ1v) is 4.05. The Labute approximate surface area is 55.5 Å². The molecule has 0 N–H and O–H groups in total. The van der Waals surface area contributed by atoms with Crippen LogP contribution in [0.3, 0.4) is 0 Å². The molecule has 1 rings (SSSR count). The van der Waals surface area contributed by atoms with E-state index in [0.29, 0.717) is 14.4 Å². The van der Waals surface area contributed by atoms with Crippen molar-refractivity contribution in [2.45, 2.75) is 0 Å². The van der Waals surface area contributed by atoms with Crippen LogP contribution in [0.15, 0.2) is 24.5 Å². The van der Waals surface area contributed by atoms with Gasteiger partial charge in [0.25, 0.3) is 0 Å². The van der Waals surface area contributed by atoms with Crippen molar-refractivity contribution < 1.29 is 0 Å². The molecule has 0 bridgehead atoms. The molecule has 44 valence electrons. The van der Waals surface area contributed by atoms with Crippen LogP contribution >= 0.6 is 20.3 Å². The van der Waals surface area contributed by atoms with E-state index in [1.54, 1.807) is 0 Å². The van der Waals surface area contributed by atoms with Crippen LogP contribution < -0.4 is 0 Å². The molecule has 1 aromatic rings. The molecule has 1 unspecified atom stereocenters. The highest BCUT2D eigenvalue weighted by Crippen LogP contribution is 2.14. The lowest BCUT2D eigenvalue weighted by atomic mass is 10.7. The molecule has 1 heterocycles. The summed E-state index contributed by atoms with van der Waals surface area (Å²) in [5.41, 5.74) is 0.717. The number of nitrogens with zero attached hydrogens (tertiary/aromatic N) is 1. The highest BCUT2D eigenvalue weighted by Gasteiger charge is 1.81. The number of alkyl halides is 1. The zero-order valence-corrected chi connectivity index (χ0v) is 6.10. The molecule has 8 heavy (non-hydrogen) atoms. The Morgan fingerprint density at radius 2 is 2.00 bits per heavy atom. The van der Waals surface area contributed by atoms with Crippen molar-refractivity contribution in [3.63, 3.8) is 0 Å². The van der Waals surface area contributed by atoms with Crippen LogP contribution in [-0.4, -0.2) is 9.96 Å². The standard InChI is InChI=1S/C5H7ClNP/c6-5-8-7-3-1-2-4-7/h1-4,8H,5H2. The first-order valence-electron chi connectivity index (χ1n) is 2.36. The predicted octanol–water partition coefficient (Wildman–Crippen LogP) is 2.13. The maximum absolute atomic E-state index is 5.48. The smallest absolute Gasteiger partial charge is 0.0583 e. The zero-order chi connectivity index (χ0) is 5.82. The highest BCUT2D eigenvalue weighted by molar-refractivity contribution is 7.38. The van der Waals surface area contributed by atoms with E-state index < -0.39 is 0 Å². The molecule has 0 amide bonds. The van der Waals surface area contributed by atoms with Crippen LogP contribution in [0.5, 0.6) is 0 Å². The van der Waals surface area contributed by atoms with Gasteiger partial charge in [-0.05, 0) is 20.9 Å². The Morgan fingerprint density at radius 1 is 1.38 bits per heavy atom. The summed E-state index contributed by atoms with van der Waals surface area (Å²) in [7, 11) is 0.694. The van der Waals surface area contributed by atoms with E-state index in [0.717, 1.165) is 0 Å². The van der Waals surface area contributed by atoms with Gasteiger partial charge in [-0.25, -0.2) is 0 Å². The molecule has 0 fully saturated rings. The molecular formula is C5H7ClNP. The molecule has 1 atom stereocenters. The number of hydrogen-bond acceptors (Lipinski definition) is 0. The SMILES string of the molecule is ClCPn1cccc1. The number of hydrogen-bond donors (Lipinski definition) is 0. The van der Waals surface area contributed by atoms with E-state index >= 15 is 0 Å². The van der Waals surface area contributed by atoms with Gasteiger partial charge in [-0.3, -0.25) is 0 Å². The van der Waals surface area contributed by atoms with Crippen molar-refractivity contribution >= 4 is 20.3 Å². The Kier molecular flexibility index (Phi) is 2.38. The lowest BCUT2D eigenvalue weighted by molar-refractivity contribution is 1.27. The quantitative estimate of drug-likeness (QED) is 0.446. The Balaban J connectivity index is 2.50. The fourth-order valence-electron chi connectivity index (χ4n) is 0.509. The molecule has 0 radical (unpaired) electrons. The van der Waals surface area contributed by atoms with Gasteiger partial charge in [0.2, 0.25) is 0 Å². The summed E-state index contributed by atoms with van der Waals surface area (Å²) in [6.45, 7) is 0. The summed E-state index contributed by atoms with van der Waals surface area (Å²) >= 11 is 5.48. The van der Waals surface area contributed by atoms with Gasteiger partial charge in [0.15, 0.2) is 0 Å². The molecule has 0 aliphatic rings. The third kappa shape index (κ3) is 1.50. The third-order valence-electron chi connectivity index (χ3n) is 0.847. The van der Waals surface area contributed by atoms with Crippen LogP contribution in [0.25, 0.3) is 0 Å². The molecule has 3 heteroatoms. The van der Waals surface area contributed by atoms with E-state index in [1.807, 2.05) is 24.5 Å². The molecule has 0 aromatic carbocycles. The summed E-state index contributed by atoms with van der Waals surface area (Å²) in [6.07, 6.45) is 4.03. The summed E-state index contributed by atoms with van der Waals surface area (Å²) in [5.74, 6) is 0. The topological polar surface area (TPSA) is 4.93 Å². The average molecular weight is 148 g/mol. The zero-order valence-electron chi connectivity index (χ0n) is 4.34. The molecule has 0 saturated heterocycles. The minimum Gasteiger partial charge on any atom is -0.335 e. The second kappa shape index (κ2) is 3.11. The van der Waals surface area contributed by atoms with Crippen LogP contribution in [0.4, 0.5) is 0 Å². The largest absolute Gasteiger partial charge is 0.335 e. The van der Waals surface area contributed by atoms with Gasteiger partial charge in [0.1, 0.15) is 0 Å². The number of rotatable bonds is 2. The lowest BCUT2D eigenvalue weighted by Gasteiger charge is -1.93. The minimum absolute atomic E-state index is 0.694. The van der Waals surface area contributed by atoms with Crippen LogP contribution in [-0.2, 0) is 0 Å². The van der Waals surface area contributed by atoms with E-state index in [1.165, 1.54) is 0 Å². The summed E-state index contributed by atoms with van der Waals surface area (Å²) < 4.78 is 2.08. The lowest BCUT2D eigenvalue weighted by Crippen LogP contribution is -1.73. The minimum atomic E-state index is 0.694. The number of halogens is 1. The maximum Gasteiger partial charge on any atom is 0.0583 e. The van der Waals surface area contributed by atoms with Crippen molar-refractivity contribution in [3.05, 3.63) is 24.5 Å². The Bertz CT molecular complexity index is 138. The predicted molar refractivity (Wildman–Crippen MR) is 38.9 cm³/mol. The monoisotopic (exact) mass is 147 g/mol. The first kappa shape index (κ1) is 6.12. The molecule has 0 spiro atoms. The Morgan fingerprint density at radius 3 is 2.50 bits per heavy atom. The van der Waals surface area contributed by atoms with Crippen LogP contribution in [0, 0.1) is 0 Å². The summed E-state index contributed by atoms with van der Waals surface area (Å²) in [5, 5.41) is 0. The third-order valence-corrected chi connectivity index (χ3v) is 1.99. The van der Waals surface area contributed by atoms with Gasteiger partial charge < -0.3 is 4.34 Å². The Hall–Kier alpha value is 0. The van der Waals surface area contributed by atoms with Crippen molar-refractivity contribution in [1.29, 1.82) is 0 Å². The van der Waals surface area contributed by atoms with Gasteiger partial charge in [-0.15, -0.1) is 11.6 Å². The second-order valence-corrected chi connectivity index (χ2v) is 3.28. The summed E-state index contributed by atoms with van der Waals surface area (Å²) in [6, 6.07) is 4.00. The van der Waals surface area contributed by atoms with E-state index in [9.17, 15) is 0 Å². The average Bonchev–Trinajstić information content (AvgIpc) is 2.19. The molecule has 0 aliphatic heterocycles. The fraction of sp³-hybridized carbons (Fsp3) is 0.200. The molecule has 0 saturated carbocycles. The van der Waals surface area contributed by atoms with E-state index in [4.69, 9.17) is 11.6 Å². The summed E-state index contributed by atoms with van der Waals surface area (Å²) in [4.78, 5) is 0. The van der Waals surface area contributed by atoms with Crippen molar-refractivity contribution in [3.8, 4) is 0 Å². The van der Waals surface area contributed by atoms with Gasteiger partial charge in [0, 0.05) is 12.4 Å². The number of aromatic nitrogens is 1. The second-order valence-electron chi connectivity index (χ2n) is 1.38. The van der Waals surface area contributed by atoms with E-state index in [-0.39, 0.29) is 0 Å². The molecule has 0 aliphatic carbocycles. The van der Waals surface area contributed by atoms with Gasteiger partial charge in [0.05, 0.1) is 5.62 Å². The van der Waals surface area contributed by atoms with Crippen molar-refractivity contribution in [1.82, 2.24) is 4.34 Å². The van der Waals surface area contributed by atoms with E-state index in [2.05, 4.69) is 4.34 Å². The van der Waals surface area contributed by atoms with Gasteiger partial charge in [-0.1, -0.05) is 0 Å². The first-order chi connectivity index (χ1) is 3.93. The van der Waals surface area contributed by atoms with Gasteiger partial charge >= 0.3 is 0 Å². The fourth-order valence-corrected chi connectivity index (χ4v) is 1.44. The van der Waals surface area contributed by atoms with Crippen LogP contribution in [0.1, 0.15) is 0 Å². The van der Waals surface area contributed by atoms with Gasteiger partial charge in [-0.2, -0.15) is 0 Å². The van der Waals surface area contributed by atoms with Crippen molar-refractivity contribution in [2.75, 3.05) is 5.62 Å². The molecular weight excluding hydrogens is 140 g/mol. The van der Waals surface area contributed by atoms with Crippen LogP contribution in [0.2, 0.25) is 0 Å². The molecule has 1 aromatic heterocycles. The van der Waals surface area contributed by atoms with Crippen molar-refractivity contribution in [2.24, 2.45) is 0 Å². The maximum atomic E-state index is 5.48. The highest BCUT2D eigenvalue weighted by atomic mass is 35.5. The normalized spacial score (nSPS) is 11.1.